The molecule has 2 heterocycles. The van der Waals surface area contributed by atoms with Gasteiger partial charge in [0.05, 0.1) is 14.2 Å². The van der Waals surface area contributed by atoms with Gasteiger partial charge in [-0.2, -0.15) is 0 Å². The van der Waals surface area contributed by atoms with Gasteiger partial charge >= 0.3 is 0 Å². The number of benzene rings is 2. The Hall–Kier alpha value is -3.06. The van der Waals surface area contributed by atoms with Crippen LogP contribution in [0.1, 0.15) is 54.1 Å². The van der Waals surface area contributed by atoms with Gasteiger partial charge < -0.3 is 19.7 Å². The highest BCUT2D eigenvalue weighted by Crippen LogP contribution is 2.26. The predicted octanol–water partition coefficient (Wildman–Crippen LogP) is 4.10. The van der Waals surface area contributed by atoms with E-state index in [1.807, 2.05) is 11.0 Å². The number of carbonyl (C=O) groups excluding carboxylic acids is 2. The number of ether oxygens (including phenoxy) is 2. The molecule has 0 aromatic heterocycles. The molecule has 0 radical (unpaired) electrons. The van der Waals surface area contributed by atoms with Gasteiger partial charge in [-0.3, -0.25) is 14.5 Å². The Morgan fingerprint density at radius 2 is 1.50 bits per heavy atom. The van der Waals surface area contributed by atoms with Crippen LogP contribution in [-0.2, 0) is 17.9 Å². The molecule has 2 aromatic rings. The van der Waals surface area contributed by atoms with Gasteiger partial charge in [-0.25, -0.2) is 0 Å². The third kappa shape index (κ3) is 6.58. The van der Waals surface area contributed by atoms with E-state index >= 15 is 0 Å². The Morgan fingerprint density at radius 1 is 0.889 bits per heavy atom. The highest BCUT2D eigenvalue weighted by Gasteiger charge is 2.28. The maximum absolute atomic E-state index is 13.1. The maximum Gasteiger partial charge on any atom is 0.254 e. The lowest BCUT2D eigenvalue weighted by atomic mass is 9.95. The Morgan fingerprint density at radius 3 is 2.11 bits per heavy atom. The lowest BCUT2D eigenvalue weighted by molar-refractivity contribution is -0.126. The number of amides is 2. The zero-order valence-corrected chi connectivity index (χ0v) is 21.8. The van der Waals surface area contributed by atoms with Crippen molar-refractivity contribution in [3.63, 3.8) is 0 Å². The fraction of sp³-hybridized carbons (Fsp3) is 0.517. The first-order valence-corrected chi connectivity index (χ1v) is 13.1. The number of piperidine rings is 2. The van der Waals surface area contributed by atoms with Crippen molar-refractivity contribution in [2.45, 2.75) is 45.7 Å². The molecule has 2 saturated heterocycles. The number of nitrogens with zero attached hydrogens (tertiary/aromatic N) is 2. The van der Waals surface area contributed by atoms with Crippen LogP contribution >= 0.6 is 0 Å². The second-order valence-corrected chi connectivity index (χ2v) is 10.1. The fourth-order valence-corrected chi connectivity index (χ4v) is 5.13. The third-order valence-electron chi connectivity index (χ3n) is 7.59. The molecule has 194 valence electrons. The van der Waals surface area contributed by atoms with Crippen LogP contribution in [0.25, 0.3) is 0 Å². The summed E-state index contributed by atoms with van der Waals surface area (Å²) in [5.74, 6) is 1.92. The molecule has 0 atom stereocenters. The summed E-state index contributed by atoms with van der Waals surface area (Å²) in [6.07, 6.45) is 3.83. The summed E-state index contributed by atoms with van der Waals surface area (Å²) >= 11 is 0. The Balaban J connectivity index is 1.28. The molecule has 2 amide bonds. The average Bonchev–Trinajstić information content (AvgIpc) is 2.93. The van der Waals surface area contributed by atoms with Gasteiger partial charge in [0.25, 0.3) is 5.91 Å². The summed E-state index contributed by atoms with van der Waals surface area (Å²) in [5.41, 5.74) is 3.01. The number of likely N-dealkylation sites (tertiary alicyclic amines) is 2. The SMILES string of the molecule is COc1cc(OC)cc(C(=O)N2CCC(C(=O)NCc3ccccc3CN3CCC(C)CC3)CC2)c1. The van der Waals surface area contributed by atoms with Crippen molar-refractivity contribution in [1.29, 1.82) is 0 Å². The third-order valence-corrected chi connectivity index (χ3v) is 7.59. The van der Waals surface area contributed by atoms with Gasteiger partial charge in [0.15, 0.2) is 0 Å². The molecule has 0 unspecified atom stereocenters. The molecular weight excluding hydrogens is 454 g/mol. The molecule has 0 aliphatic carbocycles. The average molecular weight is 494 g/mol. The molecule has 7 heteroatoms. The first-order chi connectivity index (χ1) is 17.5. The van der Waals surface area contributed by atoms with E-state index in [1.165, 1.54) is 24.0 Å². The van der Waals surface area contributed by atoms with Crippen molar-refractivity contribution >= 4 is 11.8 Å². The van der Waals surface area contributed by atoms with E-state index in [1.54, 1.807) is 32.4 Å². The molecule has 4 rings (SSSR count). The topological polar surface area (TPSA) is 71.1 Å². The van der Waals surface area contributed by atoms with Crippen LogP contribution in [0.4, 0.5) is 0 Å². The molecule has 2 aliphatic heterocycles. The maximum atomic E-state index is 13.1. The summed E-state index contributed by atoms with van der Waals surface area (Å²) < 4.78 is 10.6. The van der Waals surface area contributed by atoms with Gasteiger partial charge in [-0.1, -0.05) is 31.2 Å². The zero-order valence-electron chi connectivity index (χ0n) is 21.8. The highest BCUT2D eigenvalue weighted by atomic mass is 16.5. The molecule has 36 heavy (non-hydrogen) atoms. The van der Waals surface area contributed by atoms with Crippen molar-refractivity contribution in [3.05, 3.63) is 59.2 Å². The van der Waals surface area contributed by atoms with Crippen LogP contribution in [0.3, 0.4) is 0 Å². The number of methoxy groups -OCH3 is 2. The first-order valence-electron chi connectivity index (χ1n) is 13.1. The van der Waals surface area contributed by atoms with Crippen LogP contribution < -0.4 is 14.8 Å². The van der Waals surface area contributed by atoms with Crippen LogP contribution in [0.2, 0.25) is 0 Å². The van der Waals surface area contributed by atoms with Crippen molar-refractivity contribution in [2.75, 3.05) is 40.4 Å². The number of hydrogen-bond donors (Lipinski definition) is 1. The van der Waals surface area contributed by atoms with E-state index in [0.717, 1.165) is 25.6 Å². The van der Waals surface area contributed by atoms with Gasteiger partial charge in [0.1, 0.15) is 11.5 Å². The minimum absolute atomic E-state index is 0.0629. The molecule has 7 nitrogen and oxygen atoms in total. The highest BCUT2D eigenvalue weighted by molar-refractivity contribution is 5.95. The minimum atomic E-state index is -0.0790. The monoisotopic (exact) mass is 493 g/mol. The molecule has 1 N–H and O–H groups in total. The summed E-state index contributed by atoms with van der Waals surface area (Å²) in [6.45, 7) is 7.21. The van der Waals surface area contributed by atoms with Crippen LogP contribution in [0.15, 0.2) is 42.5 Å². The molecular formula is C29H39N3O4. The summed E-state index contributed by atoms with van der Waals surface area (Å²) in [4.78, 5) is 30.3. The van der Waals surface area contributed by atoms with Crippen molar-refractivity contribution in [1.82, 2.24) is 15.1 Å². The van der Waals surface area contributed by atoms with E-state index in [-0.39, 0.29) is 17.7 Å². The van der Waals surface area contributed by atoms with Crippen molar-refractivity contribution in [2.24, 2.45) is 11.8 Å². The summed E-state index contributed by atoms with van der Waals surface area (Å²) in [6, 6.07) is 13.6. The summed E-state index contributed by atoms with van der Waals surface area (Å²) in [7, 11) is 3.14. The van der Waals surface area contributed by atoms with Gasteiger partial charge in [-0.15, -0.1) is 0 Å². The van der Waals surface area contributed by atoms with E-state index in [0.29, 0.717) is 49.5 Å². The smallest absolute Gasteiger partial charge is 0.254 e. The summed E-state index contributed by atoms with van der Waals surface area (Å²) in [5, 5.41) is 3.17. The van der Waals surface area contributed by atoms with Crippen molar-refractivity contribution < 1.29 is 19.1 Å². The minimum Gasteiger partial charge on any atom is -0.497 e. The number of rotatable bonds is 8. The number of carbonyl (C=O) groups is 2. The molecule has 2 fully saturated rings. The van der Waals surface area contributed by atoms with E-state index in [4.69, 9.17) is 9.47 Å². The van der Waals surface area contributed by atoms with Crippen LogP contribution in [-0.4, -0.2) is 62.0 Å². The lowest BCUT2D eigenvalue weighted by Crippen LogP contribution is -2.43. The van der Waals surface area contributed by atoms with Crippen LogP contribution in [0.5, 0.6) is 11.5 Å². The van der Waals surface area contributed by atoms with Gasteiger partial charge in [0, 0.05) is 43.7 Å². The van der Waals surface area contributed by atoms with Crippen molar-refractivity contribution in [3.8, 4) is 11.5 Å². The molecule has 2 aliphatic rings. The second kappa shape index (κ2) is 12.3. The Bertz CT molecular complexity index is 1020. The van der Waals surface area contributed by atoms with E-state index in [9.17, 15) is 9.59 Å². The lowest BCUT2D eigenvalue weighted by Gasteiger charge is -2.32. The van der Waals surface area contributed by atoms with Crippen LogP contribution in [0, 0.1) is 11.8 Å². The van der Waals surface area contributed by atoms with Gasteiger partial charge in [0.2, 0.25) is 5.91 Å². The molecule has 0 spiro atoms. The predicted molar refractivity (Wildman–Crippen MR) is 140 cm³/mol. The normalized spacial score (nSPS) is 17.6. The quantitative estimate of drug-likeness (QED) is 0.600. The number of hydrogen-bond acceptors (Lipinski definition) is 5. The standard InChI is InChI=1S/C29H39N3O4/c1-21-8-12-31(13-9-21)20-24-7-5-4-6-23(24)19-30-28(33)22-10-14-32(15-11-22)29(34)25-16-26(35-2)18-27(17-25)36-3/h4-7,16-18,21-22H,8-15,19-20H2,1-3H3,(H,30,33). The van der Waals surface area contributed by atoms with E-state index in [2.05, 4.69) is 35.3 Å². The molecule has 0 saturated carbocycles. The van der Waals surface area contributed by atoms with Gasteiger partial charge in [-0.05, 0) is 68.0 Å². The first kappa shape index (κ1) is 26.0. The fourth-order valence-electron chi connectivity index (χ4n) is 5.13. The Kier molecular flexibility index (Phi) is 8.86. The number of nitrogens with one attached hydrogen (secondary N) is 1. The second-order valence-electron chi connectivity index (χ2n) is 10.1. The van der Waals surface area contributed by atoms with E-state index < -0.39 is 0 Å². The Labute approximate surface area is 214 Å². The molecule has 0 bridgehead atoms. The largest absolute Gasteiger partial charge is 0.497 e. The molecule has 2 aromatic carbocycles. The zero-order chi connectivity index (χ0) is 25.5.